The van der Waals surface area contributed by atoms with Gasteiger partial charge in [-0.15, -0.1) is 22.7 Å². The molecule has 0 aliphatic heterocycles. The number of aromatic nitrogens is 1. The third-order valence-corrected chi connectivity index (χ3v) is 5.10. The molecule has 2 rings (SSSR count). The van der Waals surface area contributed by atoms with Crippen molar-refractivity contribution in [1.29, 1.82) is 0 Å². The predicted molar refractivity (Wildman–Crippen MR) is 76.1 cm³/mol. The minimum absolute atomic E-state index is 0.293. The van der Waals surface area contributed by atoms with Crippen LogP contribution in [0.15, 0.2) is 17.6 Å². The average molecular weight is 287 g/mol. The lowest BCUT2D eigenvalue weighted by atomic mass is 10.3. The highest BCUT2D eigenvalue weighted by molar-refractivity contribution is 7.11. The number of nitrogens with zero attached hydrogens (tertiary/aromatic N) is 1. The summed E-state index contributed by atoms with van der Waals surface area (Å²) in [5, 5.41) is 7.40. The molecule has 0 radical (unpaired) electrons. The van der Waals surface area contributed by atoms with Crippen molar-refractivity contribution in [2.45, 2.75) is 32.9 Å². The fourth-order valence-electron chi connectivity index (χ4n) is 1.47. The molecule has 0 aliphatic rings. The SMILES string of the molecule is CCc1cnc(C(C)NCc2cc(Cl)cs2)s1. The molecule has 5 heteroatoms. The molecule has 0 bridgehead atoms. The normalized spacial score (nSPS) is 12.9. The zero-order valence-electron chi connectivity index (χ0n) is 9.87. The van der Waals surface area contributed by atoms with Crippen LogP contribution in [0.4, 0.5) is 0 Å². The van der Waals surface area contributed by atoms with E-state index in [1.807, 2.05) is 17.6 Å². The molecular weight excluding hydrogens is 272 g/mol. The lowest BCUT2D eigenvalue weighted by Crippen LogP contribution is -2.17. The average Bonchev–Trinajstić information content (AvgIpc) is 2.94. The van der Waals surface area contributed by atoms with E-state index in [0.717, 1.165) is 23.0 Å². The van der Waals surface area contributed by atoms with Gasteiger partial charge in [0.25, 0.3) is 0 Å². The maximum absolute atomic E-state index is 5.89. The van der Waals surface area contributed by atoms with Gasteiger partial charge in [-0.2, -0.15) is 0 Å². The molecule has 0 amide bonds. The van der Waals surface area contributed by atoms with Crippen LogP contribution in [-0.4, -0.2) is 4.98 Å². The van der Waals surface area contributed by atoms with Crippen LogP contribution in [0.3, 0.4) is 0 Å². The van der Waals surface area contributed by atoms with Gasteiger partial charge in [-0.1, -0.05) is 18.5 Å². The van der Waals surface area contributed by atoms with Crippen LogP contribution in [0.2, 0.25) is 5.02 Å². The fourth-order valence-corrected chi connectivity index (χ4v) is 3.38. The van der Waals surface area contributed by atoms with Crippen molar-refractivity contribution in [3.05, 3.63) is 37.4 Å². The van der Waals surface area contributed by atoms with Crippen molar-refractivity contribution in [3.8, 4) is 0 Å². The molecule has 92 valence electrons. The Bertz CT molecular complexity index is 478. The van der Waals surface area contributed by atoms with Crippen molar-refractivity contribution in [1.82, 2.24) is 10.3 Å². The van der Waals surface area contributed by atoms with Crippen molar-refractivity contribution in [3.63, 3.8) is 0 Å². The van der Waals surface area contributed by atoms with Gasteiger partial charge in [0.15, 0.2) is 0 Å². The van der Waals surface area contributed by atoms with E-state index in [-0.39, 0.29) is 0 Å². The summed E-state index contributed by atoms with van der Waals surface area (Å²) in [5.41, 5.74) is 0. The molecule has 0 fully saturated rings. The van der Waals surface area contributed by atoms with Crippen LogP contribution in [0.5, 0.6) is 0 Å². The molecule has 2 aromatic heterocycles. The Kier molecular flexibility index (Phi) is 4.56. The van der Waals surface area contributed by atoms with Crippen LogP contribution < -0.4 is 5.32 Å². The maximum Gasteiger partial charge on any atom is 0.109 e. The largest absolute Gasteiger partial charge is 0.303 e. The number of nitrogens with one attached hydrogen (secondary N) is 1. The Morgan fingerprint density at radius 2 is 2.29 bits per heavy atom. The van der Waals surface area contributed by atoms with Gasteiger partial charge >= 0.3 is 0 Å². The first-order valence-electron chi connectivity index (χ1n) is 5.60. The first kappa shape index (κ1) is 13.0. The summed E-state index contributed by atoms with van der Waals surface area (Å²) in [6.45, 7) is 5.15. The van der Waals surface area contributed by atoms with Crippen LogP contribution >= 0.6 is 34.3 Å². The standard InChI is InChI=1S/C12H15ClN2S2/c1-3-10-5-15-12(17-10)8(2)14-6-11-4-9(13)7-16-11/h4-5,7-8,14H,3,6H2,1-2H3. The summed E-state index contributed by atoms with van der Waals surface area (Å²) in [7, 11) is 0. The van der Waals surface area contributed by atoms with Crippen molar-refractivity contribution in [2.75, 3.05) is 0 Å². The van der Waals surface area contributed by atoms with E-state index in [2.05, 4.69) is 24.1 Å². The lowest BCUT2D eigenvalue weighted by Gasteiger charge is -2.09. The zero-order valence-corrected chi connectivity index (χ0v) is 12.3. The third-order valence-electron chi connectivity index (χ3n) is 2.49. The highest BCUT2D eigenvalue weighted by atomic mass is 35.5. The minimum Gasteiger partial charge on any atom is -0.303 e. The number of rotatable bonds is 5. The molecule has 2 heterocycles. The Morgan fingerprint density at radius 3 is 2.88 bits per heavy atom. The number of thiophene rings is 1. The van der Waals surface area contributed by atoms with Gasteiger partial charge in [0.05, 0.1) is 11.1 Å². The van der Waals surface area contributed by atoms with Gasteiger partial charge in [-0.3, -0.25) is 0 Å². The van der Waals surface area contributed by atoms with Crippen molar-refractivity contribution < 1.29 is 0 Å². The summed E-state index contributed by atoms with van der Waals surface area (Å²) < 4.78 is 0. The molecule has 2 nitrogen and oxygen atoms in total. The van der Waals surface area contributed by atoms with E-state index in [9.17, 15) is 0 Å². The van der Waals surface area contributed by atoms with Gasteiger partial charge < -0.3 is 5.32 Å². The number of halogens is 1. The summed E-state index contributed by atoms with van der Waals surface area (Å²) in [5.74, 6) is 0. The van der Waals surface area contributed by atoms with Gasteiger partial charge in [0.1, 0.15) is 5.01 Å². The second-order valence-electron chi connectivity index (χ2n) is 3.85. The first-order valence-corrected chi connectivity index (χ1v) is 7.67. The van der Waals surface area contributed by atoms with Crippen LogP contribution in [0, 0.1) is 0 Å². The highest BCUT2D eigenvalue weighted by Gasteiger charge is 2.09. The smallest absolute Gasteiger partial charge is 0.109 e. The lowest BCUT2D eigenvalue weighted by molar-refractivity contribution is 0.576. The first-order chi connectivity index (χ1) is 8.19. The summed E-state index contributed by atoms with van der Waals surface area (Å²) in [6, 6.07) is 2.30. The summed E-state index contributed by atoms with van der Waals surface area (Å²) in [4.78, 5) is 7.04. The third kappa shape index (κ3) is 3.52. The summed E-state index contributed by atoms with van der Waals surface area (Å²) in [6.07, 6.45) is 3.03. The number of aryl methyl sites for hydroxylation is 1. The molecule has 0 aromatic carbocycles. The molecule has 0 saturated heterocycles. The highest BCUT2D eigenvalue weighted by Crippen LogP contribution is 2.22. The minimum atomic E-state index is 0.293. The monoisotopic (exact) mass is 286 g/mol. The van der Waals surface area contributed by atoms with Gasteiger partial charge in [0, 0.05) is 27.9 Å². The second-order valence-corrected chi connectivity index (χ2v) is 6.43. The second kappa shape index (κ2) is 5.96. The number of hydrogen-bond acceptors (Lipinski definition) is 4. The fraction of sp³-hybridized carbons (Fsp3) is 0.417. The van der Waals surface area contributed by atoms with Gasteiger partial charge in [-0.25, -0.2) is 4.98 Å². The van der Waals surface area contributed by atoms with Crippen molar-refractivity contribution in [2.24, 2.45) is 0 Å². The molecule has 1 atom stereocenters. The maximum atomic E-state index is 5.89. The number of thiazole rings is 1. The molecule has 0 aliphatic carbocycles. The van der Waals surface area contributed by atoms with Gasteiger partial charge in [0.2, 0.25) is 0 Å². The Labute approximate surface area is 115 Å². The molecule has 0 spiro atoms. The van der Waals surface area contributed by atoms with Crippen LogP contribution in [0.25, 0.3) is 0 Å². The molecule has 17 heavy (non-hydrogen) atoms. The van der Waals surface area contributed by atoms with E-state index < -0.39 is 0 Å². The van der Waals surface area contributed by atoms with E-state index in [4.69, 9.17) is 11.6 Å². The van der Waals surface area contributed by atoms with Crippen molar-refractivity contribution >= 4 is 34.3 Å². The van der Waals surface area contributed by atoms with Gasteiger partial charge in [-0.05, 0) is 19.4 Å². The molecule has 1 N–H and O–H groups in total. The van der Waals surface area contributed by atoms with E-state index in [0.29, 0.717) is 6.04 Å². The van der Waals surface area contributed by atoms with Crippen LogP contribution in [-0.2, 0) is 13.0 Å². The Balaban J connectivity index is 1.90. The van der Waals surface area contributed by atoms with E-state index in [1.165, 1.54) is 9.75 Å². The zero-order chi connectivity index (χ0) is 12.3. The molecule has 2 aromatic rings. The number of hydrogen-bond donors (Lipinski definition) is 1. The Hall–Kier alpha value is -0.420. The van der Waals surface area contributed by atoms with E-state index in [1.54, 1.807) is 22.7 Å². The topological polar surface area (TPSA) is 24.9 Å². The molecule has 1 unspecified atom stereocenters. The van der Waals surface area contributed by atoms with Crippen LogP contribution in [0.1, 0.15) is 34.7 Å². The van der Waals surface area contributed by atoms with E-state index >= 15 is 0 Å². The Morgan fingerprint density at radius 1 is 1.47 bits per heavy atom. The summed E-state index contributed by atoms with van der Waals surface area (Å²) >= 11 is 9.36. The molecule has 0 saturated carbocycles. The quantitative estimate of drug-likeness (QED) is 0.888. The molecular formula is C12H15ClN2S2. The predicted octanol–water partition coefficient (Wildman–Crippen LogP) is 4.27.